The van der Waals surface area contributed by atoms with Gasteiger partial charge in [-0.05, 0) is 24.6 Å². The van der Waals surface area contributed by atoms with Crippen LogP contribution in [0.2, 0.25) is 0 Å². The molecule has 0 aliphatic carbocycles. The Morgan fingerprint density at radius 3 is 2.66 bits per heavy atom. The molecule has 2 aliphatic heterocycles. The molecule has 0 spiro atoms. The lowest BCUT2D eigenvalue weighted by molar-refractivity contribution is -0.173. The number of aryl methyl sites for hydroxylation is 1. The average molecular weight is 444 g/mol. The van der Waals surface area contributed by atoms with E-state index in [4.69, 9.17) is 9.47 Å². The number of carbonyl (C=O) groups is 1. The number of anilines is 2. The molecule has 2 unspecified atom stereocenters. The number of fused-ring (bicyclic) bond motifs is 2. The number of hydrogen-bond donors (Lipinski definition) is 2. The molecule has 0 fully saturated rings. The summed E-state index contributed by atoms with van der Waals surface area (Å²) >= 11 is 0. The minimum atomic E-state index is -4.52. The van der Waals surface area contributed by atoms with E-state index in [9.17, 15) is 18.0 Å². The van der Waals surface area contributed by atoms with Crippen molar-refractivity contribution in [1.82, 2.24) is 9.78 Å². The van der Waals surface area contributed by atoms with Crippen molar-refractivity contribution in [2.24, 2.45) is 0 Å². The summed E-state index contributed by atoms with van der Waals surface area (Å²) in [5.41, 5.74) is 2.16. The van der Waals surface area contributed by atoms with E-state index in [2.05, 4.69) is 15.7 Å². The fraction of sp³-hybridized carbons (Fsp3) is 0.273. The van der Waals surface area contributed by atoms with Crippen molar-refractivity contribution in [2.75, 3.05) is 17.4 Å². The molecule has 0 radical (unpaired) electrons. The summed E-state index contributed by atoms with van der Waals surface area (Å²) in [5, 5.41) is 9.67. The van der Waals surface area contributed by atoms with Gasteiger partial charge < -0.3 is 20.1 Å². The minimum absolute atomic E-state index is 0.0220. The second kappa shape index (κ2) is 7.47. The van der Waals surface area contributed by atoms with Crippen molar-refractivity contribution in [3.63, 3.8) is 0 Å². The number of hydrogen-bond acceptors (Lipinski definition) is 5. The van der Waals surface area contributed by atoms with Crippen LogP contribution < -0.4 is 20.1 Å². The SMILES string of the molecule is Cc1ccc(C2CC(C(F)(F)F)n3ncc(C(=O)Nc4ccc5c(c4)OCO5)c3N2)cc1. The monoisotopic (exact) mass is 444 g/mol. The number of alkyl halides is 3. The Morgan fingerprint density at radius 1 is 1.16 bits per heavy atom. The van der Waals surface area contributed by atoms with Gasteiger partial charge in [-0.2, -0.15) is 18.3 Å². The Morgan fingerprint density at radius 2 is 1.91 bits per heavy atom. The minimum Gasteiger partial charge on any atom is -0.454 e. The highest BCUT2D eigenvalue weighted by Crippen LogP contribution is 2.44. The maximum Gasteiger partial charge on any atom is 0.410 e. The molecular weight excluding hydrogens is 425 g/mol. The van der Waals surface area contributed by atoms with Crippen LogP contribution in [0, 0.1) is 6.92 Å². The molecule has 0 bridgehead atoms. The highest BCUT2D eigenvalue weighted by molar-refractivity contribution is 6.07. The molecule has 0 saturated heterocycles. The van der Waals surface area contributed by atoms with Crippen LogP contribution in [0.3, 0.4) is 0 Å². The van der Waals surface area contributed by atoms with Gasteiger partial charge in [-0.15, -0.1) is 0 Å². The smallest absolute Gasteiger partial charge is 0.410 e. The second-order valence-corrected chi connectivity index (χ2v) is 7.77. The van der Waals surface area contributed by atoms with E-state index in [1.807, 2.05) is 19.1 Å². The van der Waals surface area contributed by atoms with Crippen LogP contribution in [0.1, 0.15) is 40.0 Å². The Hall–Kier alpha value is -3.69. The Labute approximate surface area is 181 Å². The van der Waals surface area contributed by atoms with Gasteiger partial charge in [-0.25, -0.2) is 4.68 Å². The van der Waals surface area contributed by atoms with E-state index in [0.29, 0.717) is 22.7 Å². The first kappa shape index (κ1) is 20.2. The molecule has 3 heterocycles. The van der Waals surface area contributed by atoms with Gasteiger partial charge in [0.15, 0.2) is 17.5 Å². The van der Waals surface area contributed by atoms with Crippen LogP contribution in [0.4, 0.5) is 24.7 Å². The molecule has 2 aromatic carbocycles. The summed E-state index contributed by atoms with van der Waals surface area (Å²) in [4.78, 5) is 12.9. The topological polar surface area (TPSA) is 77.4 Å². The molecule has 2 atom stereocenters. The summed E-state index contributed by atoms with van der Waals surface area (Å²) in [6.45, 7) is 2.00. The van der Waals surface area contributed by atoms with Gasteiger partial charge in [0.1, 0.15) is 11.4 Å². The van der Waals surface area contributed by atoms with Gasteiger partial charge in [0, 0.05) is 18.2 Å². The predicted molar refractivity (Wildman–Crippen MR) is 110 cm³/mol. The van der Waals surface area contributed by atoms with Crippen LogP contribution in [0.5, 0.6) is 11.5 Å². The van der Waals surface area contributed by atoms with E-state index in [-0.39, 0.29) is 24.6 Å². The molecule has 1 amide bonds. The molecule has 7 nitrogen and oxygen atoms in total. The second-order valence-electron chi connectivity index (χ2n) is 7.77. The van der Waals surface area contributed by atoms with Gasteiger partial charge in [-0.3, -0.25) is 4.79 Å². The van der Waals surface area contributed by atoms with E-state index >= 15 is 0 Å². The number of benzene rings is 2. The Balaban J connectivity index is 1.46. The number of carbonyl (C=O) groups excluding carboxylic acids is 1. The van der Waals surface area contributed by atoms with Crippen molar-refractivity contribution in [3.05, 3.63) is 65.4 Å². The van der Waals surface area contributed by atoms with E-state index in [1.54, 1.807) is 30.3 Å². The predicted octanol–water partition coefficient (Wildman–Crippen LogP) is 4.83. The summed E-state index contributed by atoms with van der Waals surface area (Å²) in [6, 6.07) is 9.67. The molecule has 5 rings (SSSR count). The molecule has 2 aliphatic rings. The zero-order valence-corrected chi connectivity index (χ0v) is 16.9. The zero-order chi connectivity index (χ0) is 22.5. The first-order valence-electron chi connectivity index (χ1n) is 9.98. The van der Waals surface area contributed by atoms with Crippen molar-refractivity contribution in [3.8, 4) is 11.5 Å². The van der Waals surface area contributed by atoms with E-state index in [0.717, 1.165) is 16.4 Å². The molecule has 2 N–H and O–H groups in total. The van der Waals surface area contributed by atoms with Gasteiger partial charge in [-0.1, -0.05) is 29.8 Å². The third kappa shape index (κ3) is 3.61. The van der Waals surface area contributed by atoms with Crippen molar-refractivity contribution < 1.29 is 27.4 Å². The van der Waals surface area contributed by atoms with Gasteiger partial charge in [0.05, 0.1) is 12.2 Å². The Kier molecular flexibility index (Phi) is 4.72. The number of rotatable bonds is 3. The fourth-order valence-corrected chi connectivity index (χ4v) is 3.92. The van der Waals surface area contributed by atoms with Crippen LogP contribution in [0.15, 0.2) is 48.7 Å². The average Bonchev–Trinajstić information content (AvgIpc) is 3.39. The number of halogens is 3. The highest BCUT2D eigenvalue weighted by atomic mass is 19.4. The third-order valence-corrected chi connectivity index (χ3v) is 5.59. The third-order valence-electron chi connectivity index (χ3n) is 5.59. The van der Waals surface area contributed by atoms with Crippen molar-refractivity contribution in [2.45, 2.75) is 31.6 Å². The largest absolute Gasteiger partial charge is 0.454 e. The zero-order valence-electron chi connectivity index (χ0n) is 16.9. The molecule has 10 heteroatoms. The molecule has 166 valence electrons. The van der Waals surface area contributed by atoms with Gasteiger partial charge >= 0.3 is 6.18 Å². The lowest BCUT2D eigenvalue weighted by atomic mass is 9.96. The number of nitrogens with zero attached hydrogens (tertiary/aromatic N) is 2. The normalized spacial score (nSPS) is 19.2. The van der Waals surface area contributed by atoms with E-state index < -0.39 is 24.2 Å². The van der Waals surface area contributed by atoms with Crippen molar-refractivity contribution in [1.29, 1.82) is 0 Å². The first-order chi connectivity index (χ1) is 15.3. The molecule has 3 aromatic rings. The number of aromatic nitrogens is 2. The van der Waals surface area contributed by atoms with Crippen LogP contribution in [-0.4, -0.2) is 28.7 Å². The number of ether oxygens (including phenoxy) is 2. The van der Waals surface area contributed by atoms with Crippen LogP contribution in [0.25, 0.3) is 0 Å². The maximum atomic E-state index is 13.8. The maximum absolute atomic E-state index is 13.8. The molecule has 32 heavy (non-hydrogen) atoms. The first-order valence-corrected chi connectivity index (χ1v) is 9.98. The van der Waals surface area contributed by atoms with Crippen molar-refractivity contribution >= 4 is 17.4 Å². The summed E-state index contributed by atoms with van der Waals surface area (Å²) in [6.07, 6.45) is -3.59. The highest BCUT2D eigenvalue weighted by Gasteiger charge is 2.47. The van der Waals surface area contributed by atoms with E-state index in [1.165, 1.54) is 0 Å². The molecular formula is C22H19F3N4O3. The lowest BCUT2D eigenvalue weighted by Crippen LogP contribution is -2.36. The summed E-state index contributed by atoms with van der Waals surface area (Å²) in [7, 11) is 0. The standard InChI is InChI=1S/C22H19F3N4O3/c1-12-2-4-13(5-3-12)16-9-19(22(23,24)25)29-20(28-16)15(10-26-29)21(30)27-14-6-7-17-18(8-14)32-11-31-17/h2-8,10,16,19,28H,9,11H2,1H3,(H,27,30). The van der Waals surface area contributed by atoms with Gasteiger partial charge in [0.25, 0.3) is 5.91 Å². The summed E-state index contributed by atoms with van der Waals surface area (Å²) < 4.78 is 52.9. The fourth-order valence-electron chi connectivity index (χ4n) is 3.92. The molecule has 1 aromatic heterocycles. The summed E-state index contributed by atoms with van der Waals surface area (Å²) in [5.74, 6) is 0.488. The van der Waals surface area contributed by atoms with Gasteiger partial charge in [0.2, 0.25) is 6.79 Å². The quantitative estimate of drug-likeness (QED) is 0.605. The number of amides is 1. The Bertz CT molecular complexity index is 1170. The lowest BCUT2D eigenvalue weighted by Gasteiger charge is -2.34. The van der Waals surface area contributed by atoms with Crippen LogP contribution >= 0.6 is 0 Å². The molecule has 0 saturated carbocycles. The number of nitrogens with one attached hydrogen (secondary N) is 2. The van der Waals surface area contributed by atoms with Crippen LogP contribution in [-0.2, 0) is 0 Å².